The summed E-state index contributed by atoms with van der Waals surface area (Å²) >= 11 is 0. The van der Waals surface area contributed by atoms with Crippen LogP contribution in [0, 0.1) is 0 Å². The smallest absolute Gasteiger partial charge is 0.276 e. The fourth-order valence-electron chi connectivity index (χ4n) is 3.06. The van der Waals surface area contributed by atoms with Gasteiger partial charge in [0.25, 0.3) is 11.8 Å². The van der Waals surface area contributed by atoms with Crippen LogP contribution in [-0.4, -0.2) is 44.2 Å². The van der Waals surface area contributed by atoms with E-state index in [4.69, 9.17) is 4.74 Å². The van der Waals surface area contributed by atoms with Crippen LogP contribution in [0.15, 0.2) is 53.4 Å². The average Bonchev–Trinajstić information content (AvgIpc) is 3.32. The fourth-order valence-corrected chi connectivity index (χ4v) is 4.58. The molecule has 0 bridgehead atoms. The van der Waals surface area contributed by atoms with Crippen LogP contribution in [-0.2, 0) is 21.2 Å². The number of ether oxygens (including phenoxy) is 1. The van der Waals surface area contributed by atoms with Gasteiger partial charge in [-0.3, -0.25) is 20.4 Å². The van der Waals surface area contributed by atoms with E-state index < -0.39 is 21.8 Å². The van der Waals surface area contributed by atoms with Crippen LogP contribution in [0.2, 0.25) is 0 Å². The Hall–Kier alpha value is -2.91. The van der Waals surface area contributed by atoms with Gasteiger partial charge in [-0.05, 0) is 61.2 Å². The van der Waals surface area contributed by atoms with Crippen LogP contribution in [0.25, 0.3) is 0 Å². The first-order chi connectivity index (χ1) is 14.4. The Kier molecular flexibility index (Phi) is 7.07. The number of nitrogens with zero attached hydrogens (tertiary/aromatic N) is 1. The summed E-state index contributed by atoms with van der Waals surface area (Å²) in [5, 5.41) is 0. The summed E-state index contributed by atoms with van der Waals surface area (Å²) in [6.07, 6.45) is 2.62. The molecule has 1 aliphatic heterocycles. The van der Waals surface area contributed by atoms with E-state index in [1.165, 1.54) is 34.1 Å². The Morgan fingerprint density at radius 1 is 0.967 bits per heavy atom. The topological polar surface area (TPSA) is 105 Å². The molecule has 0 unspecified atom stereocenters. The van der Waals surface area contributed by atoms with Crippen molar-refractivity contribution < 1.29 is 22.7 Å². The van der Waals surface area contributed by atoms with Crippen LogP contribution in [0.4, 0.5) is 0 Å². The predicted molar refractivity (Wildman–Crippen MR) is 111 cm³/mol. The van der Waals surface area contributed by atoms with Gasteiger partial charge in [0.15, 0.2) is 6.61 Å². The van der Waals surface area contributed by atoms with Crippen molar-refractivity contribution in [1.82, 2.24) is 15.2 Å². The van der Waals surface area contributed by atoms with Crippen LogP contribution in [0.5, 0.6) is 5.75 Å². The van der Waals surface area contributed by atoms with E-state index in [9.17, 15) is 18.0 Å². The molecule has 9 heteroatoms. The van der Waals surface area contributed by atoms with Gasteiger partial charge < -0.3 is 4.74 Å². The molecule has 0 aromatic heterocycles. The minimum absolute atomic E-state index is 0.146. The number of sulfonamides is 1. The standard InChI is InChI=1S/C21H25N3O5S/c1-2-16-5-9-18(10-6-16)29-15-20(25)22-23-21(26)17-7-11-19(12-8-17)30(27,28)24-13-3-4-14-24/h5-12H,2-4,13-15H2,1H3,(H,22,25)(H,23,26). The molecule has 2 amide bonds. The number of hydrazine groups is 1. The number of carbonyl (C=O) groups excluding carboxylic acids is 2. The maximum absolute atomic E-state index is 12.5. The number of hydrogen-bond donors (Lipinski definition) is 2. The van der Waals surface area contributed by atoms with E-state index in [0.717, 1.165) is 19.3 Å². The molecule has 3 rings (SSSR count). The molecule has 1 heterocycles. The first-order valence-electron chi connectivity index (χ1n) is 9.81. The summed E-state index contributed by atoms with van der Waals surface area (Å²) in [4.78, 5) is 24.2. The van der Waals surface area contributed by atoms with Gasteiger partial charge in [0.2, 0.25) is 10.0 Å². The summed E-state index contributed by atoms with van der Waals surface area (Å²) in [7, 11) is -3.53. The summed E-state index contributed by atoms with van der Waals surface area (Å²) in [6, 6.07) is 13.0. The molecule has 8 nitrogen and oxygen atoms in total. The molecule has 1 fully saturated rings. The Bertz CT molecular complexity index is 982. The number of carbonyl (C=O) groups is 2. The van der Waals surface area contributed by atoms with Crippen LogP contribution in [0.1, 0.15) is 35.7 Å². The minimum Gasteiger partial charge on any atom is -0.484 e. The van der Waals surface area contributed by atoms with Crippen LogP contribution < -0.4 is 15.6 Å². The number of aryl methyl sites for hydroxylation is 1. The highest BCUT2D eigenvalue weighted by atomic mass is 32.2. The monoisotopic (exact) mass is 431 g/mol. The molecule has 2 aromatic rings. The van der Waals surface area contributed by atoms with Gasteiger partial charge in [-0.15, -0.1) is 0 Å². The van der Waals surface area contributed by atoms with Gasteiger partial charge >= 0.3 is 0 Å². The van der Waals surface area contributed by atoms with E-state index in [2.05, 4.69) is 10.9 Å². The molecule has 1 aliphatic rings. The Morgan fingerprint density at radius 3 is 2.20 bits per heavy atom. The zero-order valence-electron chi connectivity index (χ0n) is 16.8. The second-order valence-electron chi connectivity index (χ2n) is 6.92. The fraction of sp³-hybridized carbons (Fsp3) is 0.333. The van der Waals surface area contributed by atoms with Gasteiger partial charge in [0.1, 0.15) is 5.75 Å². The van der Waals surface area contributed by atoms with Crippen LogP contribution in [0.3, 0.4) is 0 Å². The third-order valence-electron chi connectivity index (χ3n) is 4.84. The minimum atomic E-state index is -3.53. The second-order valence-corrected chi connectivity index (χ2v) is 8.86. The Labute approximate surface area is 176 Å². The summed E-state index contributed by atoms with van der Waals surface area (Å²) in [5.41, 5.74) is 5.96. The largest absolute Gasteiger partial charge is 0.484 e. The van der Waals surface area contributed by atoms with E-state index in [0.29, 0.717) is 18.8 Å². The van der Waals surface area contributed by atoms with Gasteiger partial charge in [-0.1, -0.05) is 19.1 Å². The maximum atomic E-state index is 12.5. The Morgan fingerprint density at radius 2 is 1.60 bits per heavy atom. The average molecular weight is 432 g/mol. The van der Waals surface area contributed by atoms with Gasteiger partial charge in [0.05, 0.1) is 4.90 Å². The number of benzene rings is 2. The highest BCUT2D eigenvalue weighted by Gasteiger charge is 2.27. The number of rotatable bonds is 7. The second kappa shape index (κ2) is 9.73. The van der Waals surface area contributed by atoms with Gasteiger partial charge in [-0.2, -0.15) is 4.31 Å². The molecule has 2 aromatic carbocycles. The zero-order chi connectivity index (χ0) is 21.6. The van der Waals surface area contributed by atoms with E-state index >= 15 is 0 Å². The predicted octanol–water partition coefficient (Wildman–Crippen LogP) is 1.87. The molecule has 0 saturated carbocycles. The first-order valence-corrected chi connectivity index (χ1v) is 11.3. The van der Waals surface area contributed by atoms with Crippen molar-refractivity contribution in [3.8, 4) is 5.75 Å². The van der Waals surface area contributed by atoms with Crippen molar-refractivity contribution in [2.75, 3.05) is 19.7 Å². The lowest BCUT2D eigenvalue weighted by molar-refractivity contribution is -0.123. The van der Waals surface area contributed by atoms with Crippen LogP contribution >= 0.6 is 0 Å². The van der Waals surface area contributed by atoms with E-state index in [1.54, 1.807) is 12.1 Å². The highest BCUT2D eigenvalue weighted by molar-refractivity contribution is 7.89. The van der Waals surface area contributed by atoms with Gasteiger partial charge in [-0.25, -0.2) is 8.42 Å². The van der Waals surface area contributed by atoms with Crippen molar-refractivity contribution in [3.05, 3.63) is 59.7 Å². The molecule has 0 spiro atoms. The van der Waals surface area contributed by atoms with Gasteiger partial charge in [0, 0.05) is 18.7 Å². The molecular formula is C21H25N3O5S. The summed E-state index contributed by atoms with van der Waals surface area (Å²) < 4.78 is 31.8. The lowest BCUT2D eigenvalue weighted by Gasteiger charge is -2.15. The summed E-state index contributed by atoms with van der Waals surface area (Å²) in [6.45, 7) is 2.83. The molecule has 0 radical (unpaired) electrons. The van der Waals surface area contributed by atoms with Crippen molar-refractivity contribution in [1.29, 1.82) is 0 Å². The number of hydrogen-bond acceptors (Lipinski definition) is 5. The zero-order valence-corrected chi connectivity index (χ0v) is 17.6. The molecule has 30 heavy (non-hydrogen) atoms. The van der Waals surface area contributed by atoms with E-state index in [1.807, 2.05) is 19.1 Å². The molecule has 160 valence electrons. The molecule has 0 aliphatic carbocycles. The number of nitrogens with one attached hydrogen (secondary N) is 2. The highest BCUT2D eigenvalue weighted by Crippen LogP contribution is 2.21. The molecule has 2 N–H and O–H groups in total. The van der Waals surface area contributed by atoms with E-state index in [-0.39, 0.29) is 17.1 Å². The first kappa shape index (κ1) is 21.8. The quantitative estimate of drug-likeness (QED) is 0.652. The Balaban J connectivity index is 1.48. The lowest BCUT2D eigenvalue weighted by atomic mass is 10.2. The molecule has 1 saturated heterocycles. The lowest BCUT2D eigenvalue weighted by Crippen LogP contribution is -2.43. The van der Waals surface area contributed by atoms with Crippen molar-refractivity contribution in [2.45, 2.75) is 31.1 Å². The van der Waals surface area contributed by atoms with Crippen molar-refractivity contribution in [3.63, 3.8) is 0 Å². The number of amides is 2. The normalized spacial score (nSPS) is 14.3. The third-order valence-corrected chi connectivity index (χ3v) is 6.75. The third kappa shape index (κ3) is 5.37. The SMILES string of the molecule is CCc1ccc(OCC(=O)NNC(=O)c2ccc(S(=O)(=O)N3CCCC3)cc2)cc1. The summed E-state index contributed by atoms with van der Waals surface area (Å²) in [5.74, 6) is -0.514. The van der Waals surface area contributed by atoms with Crippen molar-refractivity contribution in [2.24, 2.45) is 0 Å². The maximum Gasteiger partial charge on any atom is 0.276 e. The molecular weight excluding hydrogens is 406 g/mol. The molecule has 0 atom stereocenters. The van der Waals surface area contributed by atoms with Crippen molar-refractivity contribution >= 4 is 21.8 Å².